The Morgan fingerprint density at radius 3 is 2.95 bits per heavy atom. The van der Waals surface area contributed by atoms with Gasteiger partial charge in [-0.3, -0.25) is 4.79 Å². The third kappa shape index (κ3) is 3.28. The Kier molecular flexibility index (Phi) is 4.60. The van der Waals surface area contributed by atoms with Gasteiger partial charge in [0, 0.05) is 18.9 Å². The predicted octanol–water partition coefficient (Wildman–Crippen LogP) is 1.34. The van der Waals surface area contributed by atoms with Crippen LogP contribution >= 0.6 is 0 Å². The van der Waals surface area contributed by atoms with Crippen molar-refractivity contribution in [3.8, 4) is 5.75 Å². The van der Waals surface area contributed by atoms with Gasteiger partial charge in [0.05, 0.1) is 12.2 Å². The number of hydrogen-bond acceptors (Lipinski definition) is 5. The zero-order chi connectivity index (χ0) is 14.4. The summed E-state index contributed by atoms with van der Waals surface area (Å²) in [7, 11) is 0. The number of aryl methyl sites for hydroxylation is 1. The average molecular weight is 274 g/mol. The molecule has 0 spiro atoms. The maximum absolute atomic E-state index is 11.9. The fourth-order valence-electron chi connectivity index (χ4n) is 1.76. The van der Waals surface area contributed by atoms with E-state index < -0.39 is 0 Å². The third-order valence-corrected chi connectivity index (χ3v) is 2.83. The number of benzene rings is 1. The van der Waals surface area contributed by atoms with Crippen LogP contribution in [0.3, 0.4) is 0 Å². The second-order valence-corrected chi connectivity index (χ2v) is 4.18. The van der Waals surface area contributed by atoms with Gasteiger partial charge in [-0.05, 0) is 19.1 Å². The Labute approximate surface area is 117 Å². The molecular formula is C14H18N4O2. The summed E-state index contributed by atoms with van der Waals surface area (Å²) in [5, 5.41) is 2.97. The number of nitrogens with one attached hydrogen (secondary N) is 1. The van der Waals surface area contributed by atoms with Crippen LogP contribution in [0.15, 0.2) is 41.5 Å². The van der Waals surface area contributed by atoms with Crippen molar-refractivity contribution in [2.75, 3.05) is 24.2 Å². The lowest BCUT2D eigenvalue weighted by molar-refractivity contribution is 0.334. The number of nitrogens with two attached hydrogens (primary N) is 1. The molecule has 1 aromatic carbocycles. The van der Waals surface area contributed by atoms with Gasteiger partial charge < -0.3 is 20.4 Å². The predicted molar refractivity (Wildman–Crippen MR) is 79.0 cm³/mol. The van der Waals surface area contributed by atoms with Gasteiger partial charge in [-0.1, -0.05) is 12.1 Å². The van der Waals surface area contributed by atoms with Crippen LogP contribution in [0.25, 0.3) is 0 Å². The summed E-state index contributed by atoms with van der Waals surface area (Å²) < 4.78 is 7.12. The molecule has 1 heterocycles. The van der Waals surface area contributed by atoms with Crippen molar-refractivity contribution in [3.63, 3.8) is 0 Å². The van der Waals surface area contributed by atoms with Crippen molar-refractivity contribution in [1.29, 1.82) is 0 Å². The van der Waals surface area contributed by atoms with Gasteiger partial charge in [0.1, 0.15) is 12.4 Å². The van der Waals surface area contributed by atoms with Crippen LogP contribution in [0.5, 0.6) is 5.75 Å². The van der Waals surface area contributed by atoms with Crippen molar-refractivity contribution in [2.45, 2.75) is 13.5 Å². The Bertz CT molecular complexity index is 625. The molecule has 6 nitrogen and oxygen atoms in total. The van der Waals surface area contributed by atoms with Gasteiger partial charge in [-0.2, -0.15) is 0 Å². The molecule has 0 fully saturated rings. The molecule has 3 N–H and O–H groups in total. The molecule has 0 atom stereocenters. The van der Waals surface area contributed by atoms with E-state index in [4.69, 9.17) is 10.5 Å². The molecule has 2 rings (SSSR count). The fourth-order valence-corrected chi connectivity index (χ4v) is 1.76. The number of aromatic nitrogens is 2. The van der Waals surface area contributed by atoms with Gasteiger partial charge in [-0.25, -0.2) is 4.98 Å². The van der Waals surface area contributed by atoms with E-state index in [0.29, 0.717) is 37.0 Å². The van der Waals surface area contributed by atoms with E-state index in [1.807, 2.05) is 19.1 Å². The summed E-state index contributed by atoms with van der Waals surface area (Å²) in [6.45, 7) is 3.40. The van der Waals surface area contributed by atoms with Crippen LogP contribution in [-0.4, -0.2) is 22.7 Å². The molecule has 6 heteroatoms. The highest BCUT2D eigenvalue weighted by Gasteiger charge is 2.03. The van der Waals surface area contributed by atoms with Crippen LogP contribution in [0.4, 0.5) is 11.5 Å². The lowest BCUT2D eigenvalue weighted by Gasteiger charge is -2.10. The van der Waals surface area contributed by atoms with Crippen molar-refractivity contribution in [3.05, 3.63) is 47.0 Å². The smallest absolute Gasteiger partial charge is 0.293 e. The van der Waals surface area contributed by atoms with Crippen LogP contribution in [0.1, 0.15) is 6.92 Å². The SMILES string of the molecule is CCn1ccnc(NCCOc2ccccc2N)c1=O. The molecule has 20 heavy (non-hydrogen) atoms. The van der Waals surface area contributed by atoms with E-state index >= 15 is 0 Å². The second-order valence-electron chi connectivity index (χ2n) is 4.18. The standard InChI is InChI=1S/C14H18N4O2/c1-2-18-9-7-16-13(14(18)19)17-8-10-20-12-6-4-3-5-11(12)15/h3-7,9H,2,8,10,15H2,1H3,(H,16,17). The molecule has 0 saturated heterocycles. The minimum atomic E-state index is -0.130. The first-order chi connectivity index (χ1) is 9.72. The van der Waals surface area contributed by atoms with Crippen molar-refractivity contribution in [1.82, 2.24) is 9.55 Å². The number of ether oxygens (including phenoxy) is 1. The quantitative estimate of drug-likeness (QED) is 0.613. The number of para-hydroxylation sites is 2. The molecular weight excluding hydrogens is 256 g/mol. The van der Waals surface area contributed by atoms with Gasteiger partial charge in [-0.15, -0.1) is 0 Å². The Hall–Kier alpha value is -2.50. The van der Waals surface area contributed by atoms with Gasteiger partial charge >= 0.3 is 0 Å². The molecule has 2 aromatic rings. The van der Waals surface area contributed by atoms with Gasteiger partial charge in [0.25, 0.3) is 5.56 Å². The maximum Gasteiger partial charge on any atom is 0.293 e. The molecule has 0 unspecified atom stereocenters. The maximum atomic E-state index is 11.9. The molecule has 0 aliphatic heterocycles. The number of rotatable bonds is 6. The topological polar surface area (TPSA) is 82.2 Å². The van der Waals surface area contributed by atoms with Crippen LogP contribution in [0.2, 0.25) is 0 Å². The van der Waals surface area contributed by atoms with Crippen LogP contribution in [0, 0.1) is 0 Å². The van der Waals surface area contributed by atoms with Gasteiger partial charge in [0.15, 0.2) is 5.82 Å². The normalized spacial score (nSPS) is 10.2. The molecule has 0 amide bonds. The highest BCUT2D eigenvalue weighted by molar-refractivity contribution is 5.51. The van der Waals surface area contributed by atoms with Crippen molar-refractivity contribution in [2.24, 2.45) is 0 Å². The second kappa shape index (κ2) is 6.60. The first-order valence-electron chi connectivity index (χ1n) is 6.49. The number of hydrogen-bond donors (Lipinski definition) is 2. The number of anilines is 2. The van der Waals surface area contributed by atoms with Crippen molar-refractivity contribution < 1.29 is 4.74 Å². The Morgan fingerprint density at radius 1 is 1.40 bits per heavy atom. The highest BCUT2D eigenvalue weighted by atomic mass is 16.5. The Balaban J connectivity index is 1.88. The van der Waals surface area contributed by atoms with E-state index in [2.05, 4.69) is 10.3 Å². The Morgan fingerprint density at radius 2 is 2.20 bits per heavy atom. The molecule has 0 saturated carbocycles. The zero-order valence-electron chi connectivity index (χ0n) is 11.4. The summed E-state index contributed by atoms with van der Waals surface area (Å²) in [5.41, 5.74) is 6.23. The lowest BCUT2D eigenvalue weighted by Crippen LogP contribution is -2.25. The number of nitrogens with zero attached hydrogens (tertiary/aromatic N) is 2. The zero-order valence-corrected chi connectivity index (χ0v) is 11.4. The monoisotopic (exact) mass is 274 g/mol. The molecule has 0 radical (unpaired) electrons. The molecule has 0 aliphatic carbocycles. The highest BCUT2D eigenvalue weighted by Crippen LogP contribution is 2.19. The minimum absolute atomic E-state index is 0.130. The molecule has 1 aromatic heterocycles. The molecule has 0 bridgehead atoms. The number of nitrogen functional groups attached to an aromatic ring is 1. The summed E-state index contributed by atoms with van der Waals surface area (Å²) in [6.07, 6.45) is 3.26. The lowest BCUT2D eigenvalue weighted by atomic mass is 10.3. The first-order valence-corrected chi connectivity index (χ1v) is 6.49. The van der Waals surface area contributed by atoms with Gasteiger partial charge in [0.2, 0.25) is 0 Å². The van der Waals surface area contributed by atoms with E-state index in [-0.39, 0.29) is 5.56 Å². The van der Waals surface area contributed by atoms with Crippen molar-refractivity contribution >= 4 is 11.5 Å². The van der Waals surface area contributed by atoms with E-state index in [9.17, 15) is 4.79 Å². The summed E-state index contributed by atoms with van der Waals surface area (Å²) in [6, 6.07) is 7.29. The van der Waals surface area contributed by atoms with Crippen LogP contribution in [-0.2, 0) is 6.54 Å². The first kappa shape index (κ1) is 13.9. The summed E-state index contributed by atoms with van der Waals surface area (Å²) >= 11 is 0. The van der Waals surface area contributed by atoms with E-state index in [1.165, 1.54) is 0 Å². The molecule has 0 aliphatic rings. The minimum Gasteiger partial charge on any atom is -0.490 e. The largest absolute Gasteiger partial charge is 0.490 e. The van der Waals surface area contributed by atoms with E-state index in [0.717, 1.165) is 0 Å². The average Bonchev–Trinajstić information content (AvgIpc) is 2.47. The molecule has 106 valence electrons. The van der Waals surface area contributed by atoms with E-state index in [1.54, 1.807) is 29.1 Å². The summed E-state index contributed by atoms with van der Waals surface area (Å²) in [4.78, 5) is 15.9. The summed E-state index contributed by atoms with van der Waals surface area (Å²) in [5.74, 6) is 0.972. The van der Waals surface area contributed by atoms with Crippen LogP contribution < -0.4 is 21.3 Å². The fraction of sp³-hybridized carbons (Fsp3) is 0.286. The third-order valence-electron chi connectivity index (χ3n) is 2.83.